The summed E-state index contributed by atoms with van der Waals surface area (Å²) in [6.07, 6.45) is 5.66. The Morgan fingerprint density at radius 2 is 2.05 bits per heavy atom. The summed E-state index contributed by atoms with van der Waals surface area (Å²) in [4.78, 5) is 0. The lowest BCUT2D eigenvalue weighted by Crippen LogP contribution is -2.33. The summed E-state index contributed by atoms with van der Waals surface area (Å²) >= 11 is 0. The van der Waals surface area contributed by atoms with Crippen molar-refractivity contribution in [1.82, 2.24) is 5.32 Å². The maximum absolute atomic E-state index is 5.48. The Kier molecular flexibility index (Phi) is 3.65. The lowest BCUT2D eigenvalue weighted by Gasteiger charge is -2.23. The van der Waals surface area contributed by atoms with Crippen LogP contribution in [0.1, 0.15) is 31.2 Å². The quantitative estimate of drug-likeness (QED) is 0.884. The van der Waals surface area contributed by atoms with Crippen molar-refractivity contribution in [3.05, 3.63) is 23.8 Å². The largest absolute Gasteiger partial charge is 0.493 e. The van der Waals surface area contributed by atoms with Crippen molar-refractivity contribution in [1.29, 1.82) is 0 Å². The van der Waals surface area contributed by atoms with Gasteiger partial charge in [0.1, 0.15) is 0 Å². The standard InChI is InChI=1S/C16H23NO2/c1-18-15-5-3-4-13(16(15)19-2)10-17-14-9-11-6-7-12(14)8-11/h3-5,11-12,14,17H,6-10H2,1-2H3. The number of rotatable bonds is 5. The van der Waals surface area contributed by atoms with Gasteiger partial charge in [-0.1, -0.05) is 18.6 Å². The molecule has 1 aromatic rings. The van der Waals surface area contributed by atoms with E-state index in [4.69, 9.17) is 9.47 Å². The fourth-order valence-corrected chi connectivity index (χ4v) is 3.83. The van der Waals surface area contributed by atoms with Gasteiger partial charge in [0.05, 0.1) is 14.2 Å². The van der Waals surface area contributed by atoms with Crippen LogP contribution in [-0.2, 0) is 6.54 Å². The van der Waals surface area contributed by atoms with Gasteiger partial charge in [-0.15, -0.1) is 0 Å². The Labute approximate surface area is 115 Å². The van der Waals surface area contributed by atoms with Gasteiger partial charge in [0, 0.05) is 18.2 Å². The first-order valence-electron chi connectivity index (χ1n) is 7.25. The third kappa shape index (κ3) is 2.44. The smallest absolute Gasteiger partial charge is 0.165 e. The van der Waals surface area contributed by atoms with E-state index in [9.17, 15) is 0 Å². The molecule has 0 aliphatic heterocycles. The van der Waals surface area contributed by atoms with E-state index >= 15 is 0 Å². The molecule has 3 atom stereocenters. The number of hydrogen-bond donors (Lipinski definition) is 1. The number of nitrogens with one attached hydrogen (secondary N) is 1. The first-order valence-corrected chi connectivity index (χ1v) is 7.25. The van der Waals surface area contributed by atoms with Crippen LogP contribution in [-0.4, -0.2) is 20.3 Å². The summed E-state index contributed by atoms with van der Waals surface area (Å²) in [5.74, 6) is 3.56. The molecule has 19 heavy (non-hydrogen) atoms. The summed E-state index contributed by atoms with van der Waals surface area (Å²) in [7, 11) is 3.39. The van der Waals surface area contributed by atoms with E-state index in [1.165, 1.54) is 31.2 Å². The van der Waals surface area contributed by atoms with Crippen molar-refractivity contribution in [3.63, 3.8) is 0 Å². The molecule has 3 rings (SSSR count). The van der Waals surface area contributed by atoms with Gasteiger partial charge in [0.25, 0.3) is 0 Å². The maximum atomic E-state index is 5.48. The number of ether oxygens (including phenoxy) is 2. The highest BCUT2D eigenvalue weighted by atomic mass is 16.5. The molecule has 3 heteroatoms. The molecule has 2 bridgehead atoms. The van der Waals surface area contributed by atoms with Gasteiger partial charge < -0.3 is 14.8 Å². The van der Waals surface area contributed by atoms with Gasteiger partial charge >= 0.3 is 0 Å². The third-order valence-electron chi connectivity index (χ3n) is 4.78. The van der Waals surface area contributed by atoms with Crippen LogP contribution in [0.25, 0.3) is 0 Å². The molecule has 1 aromatic carbocycles. The Morgan fingerprint density at radius 3 is 2.68 bits per heavy atom. The molecule has 0 aromatic heterocycles. The van der Waals surface area contributed by atoms with Crippen LogP contribution in [0.15, 0.2) is 18.2 Å². The second kappa shape index (κ2) is 5.41. The number of methoxy groups -OCH3 is 2. The van der Waals surface area contributed by atoms with Crippen molar-refractivity contribution in [2.45, 2.75) is 38.3 Å². The predicted octanol–water partition coefficient (Wildman–Crippen LogP) is 2.98. The lowest BCUT2D eigenvalue weighted by molar-refractivity contribution is 0.336. The molecule has 104 valence electrons. The minimum atomic E-state index is 0.703. The average Bonchev–Trinajstić information content (AvgIpc) is 3.06. The van der Waals surface area contributed by atoms with Gasteiger partial charge in [-0.2, -0.15) is 0 Å². The molecule has 0 amide bonds. The predicted molar refractivity (Wildman–Crippen MR) is 75.6 cm³/mol. The Bertz CT molecular complexity index is 446. The summed E-state index contributed by atoms with van der Waals surface area (Å²) < 4.78 is 10.8. The SMILES string of the molecule is COc1cccc(CNC2CC3CCC2C3)c1OC. The zero-order valence-electron chi connectivity index (χ0n) is 11.8. The molecule has 0 saturated heterocycles. The van der Waals surface area contributed by atoms with Crippen molar-refractivity contribution in [3.8, 4) is 11.5 Å². The summed E-state index contributed by atoms with van der Waals surface area (Å²) in [5, 5.41) is 3.72. The van der Waals surface area contributed by atoms with E-state index in [1.807, 2.05) is 12.1 Å². The molecule has 2 fully saturated rings. The second-order valence-corrected chi connectivity index (χ2v) is 5.81. The van der Waals surface area contributed by atoms with Crippen LogP contribution in [0.2, 0.25) is 0 Å². The van der Waals surface area contributed by atoms with Gasteiger partial charge in [-0.25, -0.2) is 0 Å². The zero-order valence-corrected chi connectivity index (χ0v) is 11.8. The Hall–Kier alpha value is -1.22. The minimum Gasteiger partial charge on any atom is -0.493 e. The Balaban J connectivity index is 1.66. The molecule has 0 heterocycles. The minimum absolute atomic E-state index is 0.703. The van der Waals surface area contributed by atoms with Crippen LogP contribution in [0.5, 0.6) is 11.5 Å². The van der Waals surface area contributed by atoms with Gasteiger partial charge in [-0.05, 0) is 37.2 Å². The van der Waals surface area contributed by atoms with Crippen molar-refractivity contribution >= 4 is 0 Å². The fraction of sp³-hybridized carbons (Fsp3) is 0.625. The molecular weight excluding hydrogens is 238 g/mol. The number of benzene rings is 1. The van der Waals surface area contributed by atoms with E-state index in [1.54, 1.807) is 14.2 Å². The summed E-state index contributed by atoms with van der Waals surface area (Å²) in [5.41, 5.74) is 1.18. The van der Waals surface area contributed by atoms with Gasteiger partial charge in [0.2, 0.25) is 0 Å². The van der Waals surface area contributed by atoms with Crippen LogP contribution in [0, 0.1) is 11.8 Å². The highest BCUT2D eigenvalue weighted by Gasteiger charge is 2.39. The molecular formula is C16H23NO2. The molecule has 0 radical (unpaired) electrons. The van der Waals surface area contributed by atoms with E-state index in [0.29, 0.717) is 6.04 Å². The highest BCUT2D eigenvalue weighted by molar-refractivity contribution is 5.46. The van der Waals surface area contributed by atoms with Crippen LogP contribution in [0.4, 0.5) is 0 Å². The zero-order chi connectivity index (χ0) is 13.2. The van der Waals surface area contributed by atoms with Gasteiger partial charge in [0.15, 0.2) is 11.5 Å². The first kappa shape index (κ1) is 12.8. The lowest BCUT2D eigenvalue weighted by atomic mass is 9.95. The third-order valence-corrected chi connectivity index (χ3v) is 4.78. The monoisotopic (exact) mass is 261 g/mol. The van der Waals surface area contributed by atoms with Crippen LogP contribution >= 0.6 is 0 Å². The molecule has 2 saturated carbocycles. The molecule has 1 N–H and O–H groups in total. The number of fused-ring (bicyclic) bond motifs is 2. The van der Waals surface area contributed by atoms with Gasteiger partial charge in [-0.3, -0.25) is 0 Å². The number of para-hydroxylation sites is 1. The maximum Gasteiger partial charge on any atom is 0.165 e. The van der Waals surface area contributed by atoms with E-state index in [-0.39, 0.29) is 0 Å². The van der Waals surface area contributed by atoms with Crippen molar-refractivity contribution < 1.29 is 9.47 Å². The van der Waals surface area contributed by atoms with E-state index in [0.717, 1.165) is 29.9 Å². The highest BCUT2D eigenvalue weighted by Crippen LogP contribution is 2.44. The van der Waals surface area contributed by atoms with Crippen LogP contribution < -0.4 is 14.8 Å². The summed E-state index contributed by atoms with van der Waals surface area (Å²) in [6.45, 7) is 0.869. The van der Waals surface area contributed by atoms with Crippen molar-refractivity contribution in [2.24, 2.45) is 11.8 Å². The fourth-order valence-electron chi connectivity index (χ4n) is 3.83. The Morgan fingerprint density at radius 1 is 1.16 bits per heavy atom. The topological polar surface area (TPSA) is 30.5 Å². The molecule has 2 aliphatic rings. The van der Waals surface area contributed by atoms with Crippen molar-refractivity contribution in [2.75, 3.05) is 14.2 Å². The second-order valence-electron chi connectivity index (χ2n) is 5.81. The molecule has 3 nitrogen and oxygen atoms in total. The van der Waals surface area contributed by atoms with Crippen LogP contribution in [0.3, 0.4) is 0 Å². The van der Waals surface area contributed by atoms with E-state index < -0.39 is 0 Å². The molecule has 0 spiro atoms. The number of hydrogen-bond acceptors (Lipinski definition) is 3. The normalized spacial score (nSPS) is 28.6. The average molecular weight is 261 g/mol. The molecule has 2 aliphatic carbocycles. The first-order chi connectivity index (χ1) is 9.31. The summed E-state index contributed by atoms with van der Waals surface area (Å²) in [6, 6.07) is 6.79. The van der Waals surface area contributed by atoms with E-state index in [2.05, 4.69) is 11.4 Å². The molecule has 3 unspecified atom stereocenters.